The van der Waals surface area contributed by atoms with Crippen LogP contribution < -0.4 is 5.73 Å². The van der Waals surface area contributed by atoms with Crippen molar-refractivity contribution >= 4 is 13.7 Å². The van der Waals surface area contributed by atoms with E-state index in [1.165, 1.54) is 0 Å². The summed E-state index contributed by atoms with van der Waals surface area (Å²) in [7, 11) is -2.12. The SMILES string of the molecule is Nc1ccccc1C[P+](=O)O. The van der Waals surface area contributed by atoms with E-state index in [-0.39, 0.29) is 6.16 Å². The number of para-hydroxylation sites is 1. The molecule has 0 aliphatic heterocycles. The van der Waals surface area contributed by atoms with Crippen molar-refractivity contribution in [3.8, 4) is 0 Å². The van der Waals surface area contributed by atoms with Crippen molar-refractivity contribution in [2.24, 2.45) is 0 Å². The molecule has 0 aliphatic carbocycles. The molecule has 1 atom stereocenters. The normalized spacial score (nSPS) is 11.2. The molecule has 0 saturated carbocycles. The lowest BCUT2D eigenvalue weighted by molar-refractivity contribution is 0.502. The largest absolute Gasteiger partial charge is 0.510 e. The van der Waals surface area contributed by atoms with Gasteiger partial charge in [0.05, 0.1) is 0 Å². The van der Waals surface area contributed by atoms with Crippen LogP contribution in [0.1, 0.15) is 5.56 Å². The maximum Gasteiger partial charge on any atom is 0.510 e. The molecule has 3 N–H and O–H groups in total. The van der Waals surface area contributed by atoms with Gasteiger partial charge in [0.1, 0.15) is 0 Å². The third kappa shape index (κ3) is 2.30. The molecule has 4 heteroatoms. The summed E-state index contributed by atoms with van der Waals surface area (Å²) in [6, 6.07) is 7.06. The molecule has 0 amide bonds. The summed E-state index contributed by atoms with van der Waals surface area (Å²) in [6.45, 7) is 0. The van der Waals surface area contributed by atoms with Gasteiger partial charge in [0.25, 0.3) is 0 Å². The number of anilines is 1. The fourth-order valence-corrected chi connectivity index (χ4v) is 1.40. The Bertz CT molecular complexity index is 275. The molecular weight excluding hydrogens is 161 g/mol. The van der Waals surface area contributed by atoms with Gasteiger partial charge < -0.3 is 5.73 Å². The molecule has 11 heavy (non-hydrogen) atoms. The topological polar surface area (TPSA) is 63.3 Å². The van der Waals surface area contributed by atoms with Crippen LogP contribution in [0, 0.1) is 0 Å². The molecule has 1 aromatic rings. The summed E-state index contributed by atoms with van der Waals surface area (Å²) in [5, 5.41) is 0. The molecule has 0 spiro atoms. The van der Waals surface area contributed by atoms with Crippen LogP contribution in [-0.4, -0.2) is 4.89 Å². The second kappa shape index (κ2) is 3.46. The van der Waals surface area contributed by atoms with E-state index < -0.39 is 8.03 Å². The minimum atomic E-state index is -2.12. The molecule has 3 nitrogen and oxygen atoms in total. The van der Waals surface area contributed by atoms with Crippen molar-refractivity contribution in [2.45, 2.75) is 6.16 Å². The van der Waals surface area contributed by atoms with Crippen molar-refractivity contribution in [1.29, 1.82) is 0 Å². The first-order chi connectivity index (χ1) is 5.20. The molecule has 1 unspecified atom stereocenters. The zero-order valence-electron chi connectivity index (χ0n) is 5.90. The Morgan fingerprint density at radius 2 is 2.09 bits per heavy atom. The first-order valence-corrected chi connectivity index (χ1v) is 4.57. The quantitative estimate of drug-likeness (QED) is 0.522. The Labute approximate surface area is 65.7 Å². The molecule has 0 heterocycles. The van der Waals surface area contributed by atoms with Gasteiger partial charge >= 0.3 is 8.03 Å². The van der Waals surface area contributed by atoms with Crippen LogP contribution >= 0.6 is 8.03 Å². The molecule has 0 aliphatic rings. The number of hydrogen-bond acceptors (Lipinski definition) is 2. The number of benzene rings is 1. The maximum absolute atomic E-state index is 10.4. The average Bonchev–Trinajstić information content (AvgIpc) is 1.93. The molecule has 58 valence electrons. The molecular formula is C7H9NO2P+. The standard InChI is InChI=1S/C7H8NO2P/c8-7-4-2-1-3-6(7)5-11(9)10/h1-4H,5,8H2/p+1. The Hall–Kier alpha value is -0.920. The van der Waals surface area contributed by atoms with E-state index in [1.807, 2.05) is 0 Å². The predicted molar refractivity (Wildman–Crippen MR) is 44.4 cm³/mol. The third-order valence-corrected chi connectivity index (χ3v) is 1.97. The average molecular weight is 170 g/mol. The van der Waals surface area contributed by atoms with Crippen molar-refractivity contribution in [3.63, 3.8) is 0 Å². The first-order valence-electron chi connectivity index (χ1n) is 3.17. The molecule has 1 rings (SSSR count). The highest BCUT2D eigenvalue weighted by atomic mass is 31.1. The number of hydrogen-bond donors (Lipinski definition) is 2. The molecule has 0 fully saturated rings. The number of nitrogens with two attached hydrogens (primary N) is 1. The second-order valence-corrected chi connectivity index (χ2v) is 3.23. The zero-order valence-corrected chi connectivity index (χ0v) is 6.79. The minimum Gasteiger partial charge on any atom is -0.398 e. The Kier molecular flexibility index (Phi) is 2.58. The summed E-state index contributed by atoms with van der Waals surface area (Å²) < 4.78 is 10.4. The van der Waals surface area contributed by atoms with Crippen LogP contribution in [0.2, 0.25) is 0 Å². The smallest absolute Gasteiger partial charge is 0.398 e. The van der Waals surface area contributed by atoms with Gasteiger partial charge in [0.15, 0.2) is 0 Å². The summed E-state index contributed by atoms with van der Waals surface area (Å²) in [5.41, 5.74) is 6.84. The Morgan fingerprint density at radius 3 is 2.64 bits per heavy atom. The van der Waals surface area contributed by atoms with Gasteiger partial charge in [-0.3, -0.25) is 0 Å². The van der Waals surface area contributed by atoms with E-state index in [4.69, 9.17) is 10.6 Å². The van der Waals surface area contributed by atoms with Gasteiger partial charge in [0, 0.05) is 11.3 Å². The van der Waals surface area contributed by atoms with E-state index in [0.717, 1.165) is 5.56 Å². The lowest BCUT2D eigenvalue weighted by Crippen LogP contribution is -1.90. The highest BCUT2D eigenvalue weighted by Gasteiger charge is 2.12. The van der Waals surface area contributed by atoms with Gasteiger partial charge in [-0.25, -0.2) is 0 Å². The molecule has 1 aromatic carbocycles. The second-order valence-electron chi connectivity index (χ2n) is 2.21. The van der Waals surface area contributed by atoms with E-state index in [9.17, 15) is 4.57 Å². The zero-order chi connectivity index (χ0) is 8.27. The molecule has 0 aromatic heterocycles. The van der Waals surface area contributed by atoms with Crippen LogP contribution in [0.15, 0.2) is 24.3 Å². The Morgan fingerprint density at radius 1 is 1.45 bits per heavy atom. The number of rotatable bonds is 2. The van der Waals surface area contributed by atoms with Gasteiger partial charge in [-0.15, -0.1) is 0 Å². The van der Waals surface area contributed by atoms with Crippen LogP contribution in [0.5, 0.6) is 0 Å². The monoisotopic (exact) mass is 170 g/mol. The maximum atomic E-state index is 10.4. The highest BCUT2D eigenvalue weighted by Crippen LogP contribution is 2.24. The van der Waals surface area contributed by atoms with E-state index in [2.05, 4.69) is 0 Å². The minimum absolute atomic E-state index is 0.141. The molecule has 0 bridgehead atoms. The van der Waals surface area contributed by atoms with Gasteiger partial charge in [-0.05, 0) is 10.6 Å². The summed E-state index contributed by atoms with van der Waals surface area (Å²) in [5.74, 6) is 0. The molecule has 0 radical (unpaired) electrons. The van der Waals surface area contributed by atoms with Crippen LogP contribution in [0.4, 0.5) is 5.69 Å². The predicted octanol–water partition coefficient (Wildman–Crippen LogP) is 1.50. The van der Waals surface area contributed by atoms with Crippen LogP contribution in [0.3, 0.4) is 0 Å². The van der Waals surface area contributed by atoms with Crippen molar-refractivity contribution < 1.29 is 9.46 Å². The lowest BCUT2D eigenvalue weighted by atomic mass is 10.2. The van der Waals surface area contributed by atoms with E-state index in [0.29, 0.717) is 5.69 Å². The fraction of sp³-hybridized carbons (Fsp3) is 0.143. The first kappa shape index (κ1) is 8.18. The Balaban J connectivity index is 2.86. The van der Waals surface area contributed by atoms with Gasteiger partial charge in [-0.1, -0.05) is 18.2 Å². The highest BCUT2D eigenvalue weighted by molar-refractivity contribution is 7.37. The lowest BCUT2D eigenvalue weighted by Gasteiger charge is -1.95. The summed E-state index contributed by atoms with van der Waals surface area (Å²) in [6.07, 6.45) is 0.141. The van der Waals surface area contributed by atoms with Gasteiger partial charge in [-0.2, -0.15) is 4.89 Å². The van der Waals surface area contributed by atoms with E-state index >= 15 is 0 Å². The van der Waals surface area contributed by atoms with Crippen molar-refractivity contribution in [3.05, 3.63) is 29.8 Å². The van der Waals surface area contributed by atoms with Crippen LogP contribution in [0.25, 0.3) is 0 Å². The van der Waals surface area contributed by atoms with Crippen molar-refractivity contribution in [1.82, 2.24) is 0 Å². The van der Waals surface area contributed by atoms with E-state index in [1.54, 1.807) is 24.3 Å². The third-order valence-electron chi connectivity index (χ3n) is 1.36. The fourth-order valence-electron chi connectivity index (χ4n) is 0.824. The van der Waals surface area contributed by atoms with Crippen LogP contribution in [-0.2, 0) is 10.7 Å². The van der Waals surface area contributed by atoms with Gasteiger partial charge in [0.2, 0.25) is 6.16 Å². The number of nitrogen functional groups attached to an aromatic ring is 1. The summed E-state index contributed by atoms with van der Waals surface area (Å²) in [4.78, 5) is 8.58. The summed E-state index contributed by atoms with van der Waals surface area (Å²) >= 11 is 0. The van der Waals surface area contributed by atoms with Crippen molar-refractivity contribution in [2.75, 3.05) is 5.73 Å². The molecule has 0 saturated heterocycles.